The first kappa shape index (κ1) is 36.8. The van der Waals surface area contributed by atoms with Crippen LogP contribution in [0, 0.1) is 34.5 Å². The molecule has 0 saturated heterocycles. The highest BCUT2D eigenvalue weighted by molar-refractivity contribution is 6.01. The van der Waals surface area contributed by atoms with Gasteiger partial charge in [0.25, 0.3) is 0 Å². The number of aliphatic hydroxyl groups excluding tert-OH is 1. The second-order valence-corrected chi connectivity index (χ2v) is 16.5. The van der Waals surface area contributed by atoms with Crippen molar-refractivity contribution >= 4 is 29.6 Å². The lowest BCUT2D eigenvalue weighted by Crippen LogP contribution is -2.62. The third-order valence-corrected chi connectivity index (χ3v) is 10.8. The number of alkyl carbamates (subject to hydrolysis) is 1. The van der Waals surface area contributed by atoms with Crippen LogP contribution in [0.1, 0.15) is 101 Å². The van der Waals surface area contributed by atoms with Crippen LogP contribution in [-0.4, -0.2) is 75.4 Å². The molecule has 0 radical (unpaired) electrons. The Labute approximate surface area is 277 Å². The predicted molar refractivity (Wildman–Crippen MR) is 172 cm³/mol. The van der Waals surface area contributed by atoms with E-state index in [4.69, 9.17) is 14.2 Å². The van der Waals surface area contributed by atoms with E-state index in [1.165, 1.54) is 0 Å². The van der Waals surface area contributed by atoms with Crippen molar-refractivity contribution in [3.05, 3.63) is 23.8 Å². The van der Waals surface area contributed by atoms with Crippen LogP contribution < -0.4 is 5.32 Å². The number of hydrogen-bond donors (Lipinski definition) is 3. The fourth-order valence-electron chi connectivity index (χ4n) is 8.92. The van der Waals surface area contributed by atoms with E-state index < -0.39 is 70.2 Å². The minimum atomic E-state index is -1.85. The highest BCUT2D eigenvalue weighted by Gasteiger charge is 2.68. The maximum absolute atomic E-state index is 13.8. The first-order chi connectivity index (χ1) is 21.5. The lowest BCUT2D eigenvalue weighted by molar-refractivity contribution is -0.183. The average molecular weight is 660 g/mol. The van der Waals surface area contributed by atoms with Crippen molar-refractivity contribution in [3.8, 4) is 0 Å². The molecule has 11 nitrogen and oxygen atoms in total. The first-order valence-electron chi connectivity index (χ1n) is 16.8. The van der Waals surface area contributed by atoms with Gasteiger partial charge in [-0.25, -0.2) is 9.59 Å². The van der Waals surface area contributed by atoms with E-state index in [0.717, 1.165) is 12.0 Å². The number of esters is 2. The van der Waals surface area contributed by atoms with Crippen LogP contribution in [0.5, 0.6) is 0 Å². The topological polar surface area (TPSA) is 166 Å². The van der Waals surface area contributed by atoms with Crippen LogP contribution in [0.25, 0.3) is 0 Å². The normalized spacial score (nSPS) is 35.4. The summed E-state index contributed by atoms with van der Waals surface area (Å²) in [6, 6.07) is -1.31. The Morgan fingerprint density at radius 2 is 1.70 bits per heavy atom. The van der Waals surface area contributed by atoms with E-state index in [0.29, 0.717) is 6.42 Å². The van der Waals surface area contributed by atoms with Crippen LogP contribution in [0.4, 0.5) is 4.79 Å². The van der Waals surface area contributed by atoms with Crippen LogP contribution in [0.2, 0.25) is 0 Å². The molecule has 4 aliphatic rings. The average Bonchev–Trinajstić information content (AvgIpc) is 3.19. The quantitative estimate of drug-likeness (QED) is 0.252. The first-order valence-corrected chi connectivity index (χ1v) is 16.8. The number of aliphatic hydroxyl groups is 2. The number of ketones is 2. The second-order valence-electron chi connectivity index (χ2n) is 16.5. The molecule has 4 aliphatic carbocycles. The fourth-order valence-corrected chi connectivity index (χ4v) is 8.92. The molecule has 47 heavy (non-hydrogen) atoms. The van der Waals surface area contributed by atoms with E-state index >= 15 is 0 Å². The Balaban J connectivity index is 1.48. The van der Waals surface area contributed by atoms with Crippen molar-refractivity contribution in [1.82, 2.24) is 5.32 Å². The van der Waals surface area contributed by atoms with E-state index in [9.17, 15) is 34.2 Å². The summed E-state index contributed by atoms with van der Waals surface area (Å²) < 4.78 is 16.0. The molecule has 0 aromatic rings. The van der Waals surface area contributed by atoms with Gasteiger partial charge >= 0.3 is 18.0 Å². The number of ether oxygens (including phenoxy) is 3. The van der Waals surface area contributed by atoms with Gasteiger partial charge in [-0.05, 0) is 104 Å². The summed E-state index contributed by atoms with van der Waals surface area (Å²) in [6.07, 6.45) is 4.70. The van der Waals surface area contributed by atoms with Crippen LogP contribution >= 0.6 is 0 Å². The smallest absolute Gasteiger partial charge is 0.408 e. The van der Waals surface area contributed by atoms with Crippen molar-refractivity contribution < 1.29 is 48.4 Å². The molecular formula is C36H53NO10. The molecule has 3 saturated carbocycles. The molecule has 0 aromatic carbocycles. The maximum Gasteiger partial charge on any atom is 0.408 e. The Morgan fingerprint density at radius 3 is 2.32 bits per heavy atom. The fraction of sp³-hybridized carbons (Fsp3) is 0.750. The summed E-state index contributed by atoms with van der Waals surface area (Å²) in [5, 5.41) is 26.2. The third-order valence-electron chi connectivity index (χ3n) is 10.8. The summed E-state index contributed by atoms with van der Waals surface area (Å²) in [7, 11) is 0. The number of Topliss-reactive ketones (excluding diaryl/α,β-unsaturated/α-hetero) is 1. The third kappa shape index (κ3) is 7.36. The number of carbonyl (C=O) groups excluding carboxylic acids is 5. The number of hydrogen-bond acceptors (Lipinski definition) is 10. The Morgan fingerprint density at radius 1 is 1.06 bits per heavy atom. The summed E-state index contributed by atoms with van der Waals surface area (Å²) in [6.45, 7) is 15.4. The lowest BCUT2D eigenvalue weighted by Gasteiger charge is -2.60. The van der Waals surface area contributed by atoms with Crippen LogP contribution in [0.3, 0.4) is 0 Å². The zero-order chi connectivity index (χ0) is 35.3. The van der Waals surface area contributed by atoms with Gasteiger partial charge in [-0.3, -0.25) is 14.4 Å². The summed E-state index contributed by atoms with van der Waals surface area (Å²) in [5.74, 6) is -2.43. The van der Waals surface area contributed by atoms with Crippen molar-refractivity contribution in [2.75, 3.05) is 6.61 Å². The molecular weight excluding hydrogens is 606 g/mol. The summed E-state index contributed by atoms with van der Waals surface area (Å²) >= 11 is 0. The summed E-state index contributed by atoms with van der Waals surface area (Å²) in [5.41, 5.74) is -3.91. The van der Waals surface area contributed by atoms with Gasteiger partial charge in [0.05, 0.1) is 6.10 Å². The molecule has 3 N–H and O–H groups in total. The number of nitrogens with one attached hydrogen (secondary N) is 1. The monoisotopic (exact) mass is 659 g/mol. The Kier molecular flexibility index (Phi) is 9.99. The zero-order valence-electron chi connectivity index (χ0n) is 29.3. The standard InChI is InChI=1S/C36H53NO10/c1-20-16-22-23-13-15-36(44,35(23,9)18-26(39)29(22)34(8)14-12-21(38)17-24(20)34)27(40)19-45-30(42)25(37-31(43)47-33(5,6)7)10-11-28(41)46-32(2,3)4/h12,14,17,20,22-23,25-26,29,39,44H,10-11,13,15-16,18-19H2,1-9H3,(H,37,43)/t20-,22-,23-,25-,26-,29+,34-,35-,36-/m0/s1. The number of carbonyl (C=O) groups is 5. The SMILES string of the molecule is C[C@H]1C[C@@H]2[C@H]([C@@H](O)C[C@@]3(C)[C@H]2CC[C@]3(O)C(=O)COC(=O)[C@H](CCC(=O)OC(C)(C)C)NC(=O)OC(C)(C)C)[C@@]2(C)C=CC(=O)C=C12. The van der Waals surface area contributed by atoms with E-state index in [1.54, 1.807) is 53.7 Å². The predicted octanol–water partition coefficient (Wildman–Crippen LogP) is 4.37. The number of allylic oxidation sites excluding steroid dienone is 4. The molecule has 11 heteroatoms. The van der Waals surface area contributed by atoms with Gasteiger partial charge in [0, 0.05) is 23.2 Å². The number of amides is 1. The zero-order valence-corrected chi connectivity index (χ0v) is 29.3. The van der Waals surface area contributed by atoms with Crippen molar-refractivity contribution in [1.29, 1.82) is 0 Å². The van der Waals surface area contributed by atoms with Gasteiger partial charge in [0.15, 0.2) is 12.4 Å². The van der Waals surface area contributed by atoms with Gasteiger partial charge in [0.1, 0.15) is 22.8 Å². The molecule has 0 heterocycles. The largest absolute Gasteiger partial charge is 0.460 e. The van der Waals surface area contributed by atoms with Crippen molar-refractivity contribution in [2.24, 2.45) is 34.5 Å². The molecule has 0 aliphatic heterocycles. The minimum Gasteiger partial charge on any atom is -0.460 e. The molecule has 1 amide bonds. The molecule has 0 aromatic heterocycles. The highest BCUT2D eigenvalue weighted by Crippen LogP contribution is 2.67. The Hall–Kier alpha value is -3.05. The highest BCUT2D eigenvalue weighted by atomic mass is 16.6. The van der Waals surface area contributed by atoms with Crippen molar-refractivity contribution in [2.45, 2.75) is 130 Å². The van der Waals surface area contributed by atoms with Gasteiger partial charge in [-0.15, -0.1) is 0 Å². The van der Waals surface area contributed by atoms with E-state index in [2.05, 4.69) is 19.2 Å². The van der Waals surface area contributed by atoms with Gasteiger partial charge in [0.2, 0.25) is 5.78 Å². The molecule has 0 spiro atoms. The second kappa shape index (κ2) is 12.8. The lowest BCUT2D eigenvalue weighted by atomic mass is 9.45. The molecule has 9 atom stereocenters. The Bertz CT molecular complexity index is 1350. The molecule has 0 bridgehead atoms. The van der Waals surface area contributed by atoms with E-state index in [-0.39, 0.29) is 55.1 Å². The maximum atomic E-state index is 13.8. The van der Waals surface area contributed by atoms with E-state index in [1.807, 2.05) is 13.0 Å². The summed E-state index contributed by atoms with van der Waals surface area (Å²) in [4.78, 5) is 64.2. The molecule has 0 unspecified atom stereocenters. The van der Waals surface area contributed by atoms with Gasteiger partial charge in [-0.1, -0.05) is 32.4 Å². The van der Waals surface area contributed by atoms with Gasteiger partial charge < -0.3 is 29.7 Å². The molecule has 262 valence electrons. The number of rotatable bonds is 8. The van der Waals surface area contributed by atoms with Gasteiger partial charge in [-0.2, -0.15) is 0 Å². The molecule has 3 fully saturated rings. The van der Waals surface area contributed by atoms with Crippen LogP contribution in [0.15, 0.2) is 23.8 Å². The molecule has 4 rings (SSSR count). The number of fused-ring (bicyclic) bond motifs is 5. The van der Waals surface area contributed by atoms with Crippen LogP contribution in [-0.2, 0) is 33.4 Å². The van der Waals surface area contributed by atoms with Crippen molar-refractivity contribution in [3.63, 3.8) is 0 Å². The minimum absolute atomic E-state index is 0.00149.